The van der Waals surface area contributed by atoms with Crippen LogP contribution >= 0.6 is 0 Å². The molecule has 1 aromatic rings. The van der Waals surface area contributed by atoms with Crippen LogP contribution in [0.5, 0.6) is 0 Å². The Morgan fingerprint density at radius 2 is 1.75 bits per heavy atom. The SMILES string of the molecule is O=C(O)CC(=O)CCCCc1ccccc1. The van der Waals surface area contributed by atoms with Crippen LogP contribution < -0.4 is 0 Å². The molecule has 0 radical (unpaired) electrons. The maximum absolute atomic E-state index is 11.1. The normalized spacial score (nSPS) is 10.0. The number of hydrogen-bond acceptors (Lipinski definition) is 2. The zero-order chi connectivity index (χ0) is 11.8. The van der Waals surface area contributed by atoms with Gasteiger partial charge in [0, 0.05) is 6.42 Å². The summed E-state index contributed by atoms with van der Waals surface area (Å²) >= 11 is 0. The third kappa shape index (κ3) is 5.29. The molecule has 0 fully saturated rings. The molecule has 3 nitrogen and oxygen atoms in total. The molecule has 0 saturated carbocycles. The van der Waals surface area contributed by atoms with Crippen molar-refractivity contribution >= 4 is 11.8 Å². The summed E-state index contributed by atoms with van der Waals surface area (Å²) in [6, 6.07) is 10.1. The molecule has 0 amide bonds. The van der Waals surface area contributed by atoms with E-state index in [2.05, 4.69) is 12.1 Å². The summed E-state index contributed by atoms with van der Waals surface area (Å²) in [5, 5.41) is 8.40. The molecule has 86 valence electrons. The number of carboxylic acids is 1. The Kier molecular flexibility index (Phi) is 5.26. The lowest BCUT2D eigenvalue weighted by molar-refractivity contribution is -0.140. The minimum atomic E-state index is -1.03. The van der Waals surface area contributed by atoms with Crippen LogP contribution in [0.25, 0.3) is 0 Å². The summed E-state index contributed by atoms with van der Waals surface area (Å²) in [4.78, 5) is 21.3. The molecule has 0 aliphatic heterocycles. The first kappa shape index (κ1) is 12.4. The van der Waals surface area contributed by atoms with Crippen molar-refractivity contribution in [2.24, 2.45) is 0 Å². The first-order valence-corrected chi connectivity index (χ1v) is 5.46. The molecule has 0 aromatic heterocycles. The monoisotopic (exact) mass is 220 g/mol. The summed E-state index contributed by atoms with van der Waals surface area (Å²) < 4.78 is 0. The molecule has 1 rings (SSSR count). The summed E-state index contributed by atoms with van der Waals surface area (Å²) in [5.74, 6) is -1.21. The number of ketones is 1. The van der Waals surface area contributed by atoms with Gasteiger partial charge in [0.2, 0.25) is 0 Å². The van der Waals surface area contributed by atoms with E-state index in [1.165, 1.54) is 5.56 Å². The highest BCUT2D eigenvalue weighted by Gasteiger charge is 2.06. The molecule has 1 N–H and O–H groups in total. The largest absolute Gasteiger partial charge is 0.481 e. The van der Waals surface area contributed by atoms with Crippen LogP contribution in [0.2, 0.25) is 0 Å². The zero-order valence-corrected chi connectivity index (χ0v) is 9.19. The topological polar surface area (TPSA) is 54.4 Å². The average Bonchev–Trinajstić information content (AvgIpc) is 2.25. The van der Waals surface area contributed by atoms with Gasteiger partial charge in [0.05, 0.1) is 0 Å². The van der Waals surface area contributed by atoms with Gasteiger partial charge in [0.1, 0.15) is 12.2 Å². The number of carboxylic acid groups (broad SMARTS) is 1. The first-order valence-electron chi connectivity index (χ1n) is 5.46. The number of aliphatic carboxylic acids is 1. The van der Waals surface area contributed by atoms with Crippen molar-refractivity contribution in [2.75, 3.05) is 0 Å². The second-order valence-electron chi connectivity index (χ2n) is 3.80. The van der Waals surface area contributed by atoms with E-state index in [0.29, 0.717) is 6.42 Å². The van der Waals surface area contributed by atoms with Crippen molar-refractivity contribution < 1.29 is 14.7 Å². The zero-order valence-electron chi connectivity index (χ0n) is 9.19. The Balaban J connectivity index is 2.13. The lowest BCUT2D eigenvalue weighted by Gasteiger charge is -2.00. The Labute approximate surface area is 95.1 Å². The van der Waals surface area contributed by atoms with Crippen LogP contribution in [0.1, 0.15) is 31.2 Å². The summed E-state index contributed by atoms with van der Waals surface area (Å²) in [5.41, 5.74) is 1.26. The third-order valence-corrected chi connectivity index (χ3v) is 2.36. The van der Waals surface area contributed by atoms with Gasteiger partial charge >= 0.3 is 5.97 Å². The van der Waals surface area contributed by atoms with Crippen LogP contribution in [0, 0.1) is 0 Å². The Morgan fingerprint density at radius 3 is 2.38 bits per heavy atom. The first-order chi connectivity index (χ1) is 7.68. The predicted molar refractivity (Wildman–Crippen MR) is 61.3 cm³/mol. The van der Waals surface area contributed by atoms with Crippen LogP contribution in [-0.2, 0) is 16.0 Å². The van der Waals surface area contributed by atoms with Crippen molar-refractivity contribution in [3.05, 3.63) is 35.9 Å². The molecule has 0 spiro atoms. The van der Waals surface area contributed by atoms with Crippen molar-refractivity contribution in [1.29, 1.82) is 0 Å². The third-order valence-electron chi connectivity index (χ3n) is 2.36. The van der Waals surface area contributed by atoms with Gasteiger partial charge in [-0.2, -0.15) is 0 Å². The number of Topliss-reactive ketones (excluding diaryl/α,β-unsaturated/α-hetero) is 1. The molecule has 0 aliphatic carbocycles. The van der Waals surface area contributed by atoms with E-state index in [1.807, 2.05) is 18.2 Å². The molecule has 1 aromatic carbocycles. The minimum Gasteiger partial charge on any atom is -0.481 e. The maximum atomic E-state index is 11.1. The highest BCUT2D eigenvalue weighted by atomic mass is 16.4. The fraction of sp³-hybridized carbons (Fsp3) is 0.385. The van der Waals surface area contributed by atoms with Gasteiger partial charge in [-0.15, -0.1) is 0 Å². The van der Waals surface area contributed by atoms with Crippen LogP contribution in [-0.4, -0.2) is 16.9 Å². The van der Waals surface area contributed by atoms with Gasteiger partial charge in [-0.25, -0.2) is 0 Å². The van der Waals surface area contributed by atoms with E-state index in [1.54, 1.807) is 0 Å². The number of carbonyl (C=O) groups excluding carboxylic acids is 1. The van der Waals surface area contributed by atoms with Crippen molar-refractivity contribution in [3.63, 3.8) is 0 Å². The molecule has 3 heteroatoms. The maximum Gasteiger partial charge on any atom is 0.310 e. The molecule has 0 aliphatic rings. The molecule has 0 unspecified atom stereocenters. The Hall–Kier alpha value is -1.64. The van der Waals surface area contributed by atoms with Gasteiger partial charge in [-0.3, -0.25) is 9.59 Å². The van der Waals surface area contributed by atoms with Gasteiger partial charge in [0.25, 0.3) is 0 Å². The highest BCUT2D eigenvalue weighted by molar-refractivity contribution is 5.94. The average molecular weight is 220 g/mol. The quantitative estimate of drug-likeness (QED) is 0.567. The summed E-state index contributed by atoms with van der Waals surface area (Å²) in [6.07, 6.45) is 2.67. The predicted octanol–water partition coefficient (Wildman–Crippen LogP) is 2.44. The molecule has 0 atom stereocenters. The van der Waals surface area contributed by atoms with Crippen molar-refractivity contribution in [3.8, 4) is 0 Å². The molecular weight excluding hydrogens is 204 g/mol. The van der Waals surface area contributed by atoms with Crippen LogP contribution in [0.4, 0.5) is 0 Å². The van der Waals surface area contributed by atoms with E-state index >= 15 is 0 Å². The number of benzene rings is 1. The number of hydrogen-bond donors (Lipinski definition) is 1. The van der Waals surface area contributed by atoms with Gasteiger partial charge in [0.15, 0.2) is 0 Å². The fourth-order valence-electron chi connectivity index (χ4n) is 1.55. The number of unbranched alkanes of at least 4 members (excludes halogenated alkanes) is 1. The van der Waals surface area contributed by atoms with Crippen molar-refractivity contribution in [2.45, 2.75) is 32.1 Å². The van der Waals surface area contributed by atoms with Crippen LogP contribution in [0.3, 0.4) is 0 Å². The Bertz CT molecular complexity index is 343. The molecule has 0 saturated heterocycles. The standard InChI is InChI=1S/C13H16O3/c14-12(10-13(15)16)9-5-4-8-11-6-2-1-3-7-11/h1-3,6-7H,4-5,8-10H2,(H,15,16). The van der Waals surface area contributed by atoms with Crippen molar-refractivity contribution in [1.82, 2.24) is 0 Å². The lowest BCUT2D eigenvalue weighted by Crippen LogP contribution is -2.06. The fourth-order valence-corrected chi connectivity index (χ4v) is 1.55. The van der Waals surface area contributed by atoms with Gasteiger partial charge < -0.3 is 5.11 Å². The van der Waals surface area contributed by atoms with E-state index in [4.69, 9.17) is 5.11 Å². The van der Waals surface area contributed by atoms with Crippen LogP contribution in [0.15, 0.2) is 30.3 Å². The summed E-state index contributed by atoms with van der Waals surface area (Å²) in [7, 11) is 0. The second-order valence-corrected chi connectivity index (χ2v) is 3.80. The van der Waals surface area contributed by atoms with E-state index in [-0.39, 0.29) is 12.2 Å². The van der Waals surface area contributed by atoms with E-state index < -0.39 is 5.97 Å². The number of aryl methyl sites for hydroxylation is 1. The molecule has 16 heavy (non-hydrogen) atoms. The number of rotatable bonds is 7. The second kappa shape index (κ2) is 6.77. The van der Waals surface area contributed by atoms with E-state index in [9.17, 15) is 9.59 Å². The smallest absolute Gasteiger partial charge is 0.310 e. The number of carbonyl (C=O) groups is 2. The van der Waals surface area contributed by atoms with E-state index in [0.717, 1.165) is 19.3 Å². The summed E-state index contributed by atoms with van der Waals surface area (Å²) in [6.45, 7) is 0. The Morgan fingerprint density at radius 1 is 1.06 bits per heavy atom. The van der Waals surface area contributed by atoms with Gasteiger partial charge in [-0.1, -0.05) is 30.3 Å². The lowest BCUT2D eigenvalue weighted by atomic mass is 10.1. The molecule has 0 bridgehead atoms. The van der Waals surface area contributed by atoms with Gasteiger partial charge in [-0.05, 0) is 24.8 Å². The molecular formula is C13H16O3. The minimum absolute atomic E-state index is 0.180. The molecule has 0 heterocycles. The highest BCUT2D eigenvalue weighted by Crippen LogP contribution is 2.07.